The summed E-state index contributed by atoms with van der Waals surface area (Å²) in [5, 5.41) is 13.5. The zero-order valence-electron chi connectivity index (χ0n) is 17.6. The molecule has 0 spiro atoms. The van der Waals surface area contributed by atoms with E-state index in [1.807, 2.05) is 43.3 Å². The molecule has 0 radical (unpaired) electrons. The van der Waals surface area contributed by atoms with Crippen molar-refractivity contribution in [2.75, 3.05) is 13.2 Å². The minimum atomic E-state index is -4.68. The Balaban J connectivity index is 1.84. The Labute approximate surface area is 183 Å². The Kier molecular flexibility index (Phi) is 6.27. The van der Waals surface area contributed by atoms with E-state index in [2.05, 4.69) is 20.8 Å². The van der Waals surface area contributed by atoms with Crippen LogP contribution in [0.3, 0.4) is 0 Å². The van der Waals surface area contributed by atoms with Crippen molar-refractivity contribution in [3.05, 3.63) is 71.5 Å². The van der Waals surface area contributed by atoms with E-state index < -0.39 is 23.6 Å². The van der Waals surface area contributed by atoms with Crippen LogP contribution in [0.15, 0.2) is 54.6 Å². The molecule has 3 atom stereocenters. The van der Waals surface area contributed by atoms with Gasteiger partial charge in [0.1, 0.15) is 6.10 Å². The van der Waals surface area contributed by atoms with Crippen molar-refractivity contribution in [1.82, 2.24) is 25.5 Å². The van der Waals surface area contributed by atoms with Crippen LogP contribution in [0.4, 0.5) is 13.2 Å². The number of nitrogens with two attached hydrogens (primary N) is 1. The van der Waals surface area contributed by atoms with Gasteiger partial charge in [0.2, 0.25) is 0 Å². The summed E-state index contributed by atoms with van der Waals surface area (Å²) in [4.78, 5) is 0. The minimum Gasteiger partial charge on any atom is -0.371 e. The van der Waals surface area contributed by atoms with Crippen molar-refractivity contribution < 1.29 is 17.9 Å². The monoisotopic (exact) mass is 446 g/mol. The molecule has 1 aliphatic rings. The van der Waals surface area contributed by atoms with E-state index in [0.717, 1.165) is 24.9 Å². The van der Waals surface area contributed by atoms with Crippen LogP contribution in [-0.2, 0) is 16.5 Å². The van der Waals surface area contributed by atoms with Gasteiger partial charge in [-0.25, -0.2) is 0 Å². The Morgan fingerprint density at radius 1 is 1.22 bits per heavy atom. The summed E-state index contributed by atoms with van der Waals surface area (Å²) < 4.78 is 47.0. The van der Waals surface area contributed by atoms with E-state index in [-0.39, 0.29) is 11.7 Å². The van der Waals surface area contributed by atoms with Gasteiger partial charge in [0.05, 0.1) is 11.2 Å². The third-order valence-corrected chi connectivity index (χ3v) is 5.83. The van der Waals surface area contributed by atoms with Crippen LogP contribution >= 0.6 is 0 Å². The predicted octanol–water partition coefficient (Wildman–Crippen LogP) is 3.36. The summed E-state index contributed by atoms with van der Waals surface area (Å²) in [6.07, 6.45) is -3.52. The van der Waals surface area contributed by atoms with Gasteiger partial charge in [-0.05, 0) is 60.0 Å². The molecule has 1 aromatic heterocycles. The average Bonchev–Trinajstić information content (AvgIpc) is 3.30. The number of nitrogens with one attached hydrogen (secondary N) is 1. The summed E-state index contributed by atoms with van der Waals surface area (Å²) >= 11 is 0. The molecular formula is C22H25F3N6O. The highest BCUT2D eigenvalue weighted by molar-refractivity contribution is 5.41. The number of piperidine rings is 1. The van der Waals surface area contributed by atoms with Crippen molar-refractivity contribution in [3.8, 4) is 5.69 Å². The average molecular weight is 446 g/mol. The second kappa shape index (κ2) is 8.97. The molecule has 4 rings (SSSR count). The molecule has 170 valence electrons. The molecule has 3 N–H and O–H groups in total. The van der Waals surface area contributed by atoms with Gasteiger partial charge < -0.3 is 15.8 Å². The van der Waals surface area contributed by atoms with E-state index in [1.54, 1.807) is 12.1 Å². The summed E-state index contributed by atoms with van der Waals surface area (Å²) in [6.45, 7) is 3.03. The molecule has 2 aromatic carbocycles. The molecule has 1 saturated heterocycles. The summed E-state index contributed by atoms with van der Waals surface area (Å²) in [6, 6.07) is 16.2. The number of rotatable bonds is 6. The fourth-order valence-electron chi connectivity index (χ4n) is 4.46. The van der Waals surface area contributed by atoms with Crippen LogP contribution in [0.2, 0.25) is 0 Å². The zero-order valence-corrected chi connectivity index (χ0v) is 17.6. The molecule has 10 heteroatoms. The van der Waals surface area contributed by atoms with E-state index in [1.165, 1.54) is 6.07 Å². The first-order valence-corrected chi connectivity index (χ1v) is 10.5. The topological polar surface area (TPSA) is 90.9 Å². The second-order valence-electron chi connectivity index (χ2n) is 7.75. The summed E-state index contributed by atoms with van der Waals surface area (Å²) in [7, 11) is 0. The number of benzene rings is 2. The molecule has 0 bridgehead atoms. The van der Waals surface area contributed by atoms with Crippen molar-refractivity contribution >= 4 is 0 Å². The molecule has 7 nitrogen and oxygen atoms in total. The Morgan fingerprint density at radius 3 is 2.69 bits per heavy atom. The van der Waals surface area contributed by atoms with Crippen LogP contribution < -0.4 is 11.1 Å². The van der Waals surface area contributed by atoms with Crippen LogP contribution in [-0.4, -0.2) is 39.4 Å². The molecule has 1 aliphatic heterocycles. The molecule has 0 amide bonds. The molecule has 2 heterocycles. The third kappa shape index (κ3) is 4.01. The summed E-state index contributed by atoms with van der Waals surface area (Å²) in [5.74, 6) is -1.19. The Bertz CT molecular complexity index is 1040. The number of ether oxygens (including phenoxy) is 1. The molecule has 0 saturated carbocycles. The standard InChI is InChI=1S/C22H25F3N6O/c1-2-32-19(21(16-9-4-3-5-10-16)18(26)12-7-13-27-21)15-8-6-11-17(14-15)31-20(22(23,24)25)28-29-30-31/h3-6,8-11,14,18-19,27H,2,7,12-13,26H2,1H3/t18-,19+,21-/m1/s1. The van der Waals surface area contributed by atoms with E-state index in [9.17, 15) is 13.2 Å². The fourth-order valence-corrected chi connectivity index (χ4v) is 4.46. The Morgan fingerprint density at radius 2 is 2.00 bits per heavy atom. The van der Waals surface area contributed by atoms with Gasteiger partial charge in [0.25, 0.3) is 5.82 Å². The highest BCUT2D eigenvalue weighted by Crippen LogP contribution is 2.43. The lowest BCUT2D eigenvalue weighted by Gasteiger charge is -2.48. The lowest BCUT2D eigenvalue weighted by molar-refractivity contribution is -0.146. The maximum atomic E-state index is 13.4. The molecule has 0 unspecified atom stereocenters. The van der Waals surface area contributed by atoms with Crippen molar-refractivity contribution in [2.45, 2.75) is 43.6 Å². The molecule has 1 fully saturated rings. The Hall–Kier alpha value is -2.82. The lowest BCUT2D eigenvalue weighted by Crippen LogP contribution is -2.62. The lowest BCUT2D eigenvalue weighted by atomic mass is 9.72. The first-order chi connectivity index (χ1) is 15.4. The first kappa shape index (κ1) is 22.4. The molecule has 0 aliphatic carbocycles. The maximum Gasteiger partial charge on any atom is 0.453 e. The number of halogens is 3. The number of aromatic nitrogens is 4. The molecule has 3 aromatic rings. The second-order valence-corrected chi connectivity index (χ2v) is 7.75. The van der Waals surface area contributed by atoms with Crippen molar-refractivity contribution in [2.24, 2.45) is 5.73 Å². The van der Waals surface area contributed by atoms with E-state index in [0.29, 0.717) is 16.9 Å². The van der Waals surface area contributed by atoms with Crippen LogP contribution in [0, 0.1) is 0 Å². The number of hydrogen-bond donors (Lipinski definition) is 2. The smallest absolute Gasteiger partial charge is 0.371 e. The summed E-state index contributed by atoms with van der Waals surface area (Å²) in [5.41, 5.74) is 7.79. The van der Waals surface area contributed by atoms with Crippen molar-refractivity contribution in [1.29, 1.82) is 0 Å². The zero-order chi connectivity index (χ0) is 22.8. The molecule has 32 heavy (non-hydrogen) atoms. The quantitative estimate of drug-likeness (QED) is 0.604. The van der Waals surface area contributed by atoms with Crippen LogP contribution in [0.5, 0.6) is 0 Å². The van der Waals surface area contributed by atoms with Crippen molar-refractivity contribution in [3.63, 3.8) is 0 Å². The number of hydrogen-bond acceptors (Lipinski definition) is 6. The minimum absolute atomic E-state index is 0.192. The van der Waals surface area contributed by atoms with E-state index in [4.69, 9.17) is 10.5 Å². The number of tetrazole rings is 1. The normalized spacial score (nSPS) is 22.6. The highest BCUT2D eigenvalue weighted by atomic mass is 19.4. The number of alkyl halides is 3. The van der Waals surface area contributed by atoms with Gasteiger partial charge in [0, 0.05) is 12.6 Å². The van der Waals surface area contributed by atoms with Gasteiger partial charge in [-0.3, -0.25) is 0 Å². The van der Waals surface area contributed by atoms with Gasteiger partial charge in [-0.15, -0.1) is 5.10 Å². The van der Waals surface area contributed by atoms with E-state index >= 15 is 0 Å². The first-order valence-electron chi connectivity index (χ1n) is 10.5. The SMILES string of the molecule is CCO[C@@H](c1cccc(-n2nnnc2C(F)(F)F)c1)[C@]1(c2ccccc2)NCCC[C@H]1N. The fraction of sp³-hybridized carbons (Fsp3) is 0.409. The van der Waals surface area contributed by atoms with Gasteiger partial charge in [-0.2, -0.15) is 17.9 Å². The predicted molar refractivity (Wildman–Crippen MR) is 112 cm³/mol. The maximum absolute atomic E-state index is 13.4. The van der Waals surface area contributed by atoms with Gasteiger partial charge in [-0.1, -0.05) is 42.5 Å². The number of nitrogens with zero attached hydrogens (tertiary/aromatic N) is 4. The van der Waals surface area contributed by atoms with Crippen LogP contribution in [0.25, 0.3) is 5.69 Å². The highest BCUT2D eigenvalue weighted by Gasteiger charge is 2.48. The third-order valence-electron chi connectivity index (χ3n) is 5.83. The molecular weight excluding hydrogens is 421 g/mol. The van der Waals surface area contributed by atoms with Gasteiger partial charge in [0.15, 0.2) is 0 Å². The van der Waals surface area contributed by atoms with Crippen LogP contribution in [0.1, 0.15) is 42.8 Å². The van der Waals surface area contributed by atoms with Gasteiger partial charge >= 0.3 is 6.18 Å². The largest absolute Gasteiger partial charge is 0.453 e.